The van der Waals surface area contributed by atoms with Crippen molar-refractivity contribution in [2.24, 2.45) is 0 Å². The number of hydrogen-bond donors (Lipinski definition) is 0. The van der Waals surface area contributed by atoms with Gasteiger partial charge in [-0.2, -0.15) is 0 Å². The van der Waals surface area contributed by atoms with Gasteiger partial charge in [0.15, 0.2) is 5.78 Å². The smallest absolute Gasteiger partial charge is 0.270 e. The van der Waals surface area contributed by atoms with Crippen LogP contribution < -0.4 is 4.90 Å². The van der Waals surface area contributed by atoms with E-state index in [9.17, 15) is 10.1 Å². The zero-order valence-corrected chi connectivity index (χ0v) is 18.7. The van der Waals surface area contributed by atoms with Crippen molar-refractivity contribution in [3.63, 3.8) is 0 Å². The number of rotatable bonds is 1. The van der Waals surface area contributed by atoms with Gasteiger partial charge in [-0.05, 0) is 40.1 Å². The van der Waals surface area contributed by atoms with Gasteiger partial charge in [0, 0.05) is 40.6 Å². The van der Waals surface area contributed by atoms with Crippen LogP contribution in [0.4, 0.5) is 5.69 Å². The topological polar surface area (TPSA) is 48.5 Å². The summed E-state index contributed by atoms with van der Waals surface area (Å²) in [5, 5.41) is 12.0. The predicted octanol–water partition coefficient (Wildman–Crippen LogP) is 6.43. The van der Waals surface area contributed by atoms with Crippen molar-refractivity contribution in [1.82, 2.24) is 0 Å². The van der Waals surface area contributed by atoms with Crippen LogP contribution in [0.3, 0.4) is 0 Å². The van der Waals surface area contributed by atoms with E-state index in [2.05, 4.69) is 53.9 Å². The molecule has 0 aromatic heterocycles. The highest BCUT2D eigenvalue weighted by Crippen LogP contribution is 2.50. The number of anilines is 1. The Bertz CT molecular complexity index is 1520. The molecule has 5 rings (SSSR count). The summed E-state index contributed by atoms with van der Waals surface area (Å²) < 4.78 is 0. The number of ketones is 1. The summed E-state index contributed by atoms with van der Waals surface area (Å²) in [5.74, 6) is -0.157. The van der Waals surface area contributed by atoms with Crippen LogP contribution >= 0.6 is 0 Å². The third-order valence-corrected chi connectivity index (χ3v) is 6.71. The van der Waals surface area contributed by atoms with E-state index in [-0.39, 0.29) is 16.9 Å². The molecule has 0 fully saturated rings. The Morgan fingerprint density at radius 2 is 1.73 bits per heavy atom. The number of fused-ring (bicyclic) bond motifs is 4. The lowest BCUT2D eigenvalue weighted by atomic mass is 9.81. The Hall–Kier alpha value is -4.41. The minimum Gasteiger partial charge on any atom is -0.347 e. The summed E-state index contributed by atoms with van der Waals surface area (Å²) in [6.07, 6.45) is 3.74. The molecule has 1 aliphatic heterocycles. The molecular formula is C29H21N3O. The van der Waals surface area contributed by atoms with Crippen LogP contribution in [0.25, 0.3) is 21.2 Å². The molecule has 3 aromatic rings. The lowest BCUT2D eigenvalue weighted by molar-refractivity contribution is 0.104. The highest BCUT2D eigenvalue weighted by Gasteiger charge is 2.40. The van der Waals surface area contributed by atoms with Crippen LogP contribution in [-0.2, 0) is 5.41 Å². The van der Waals surface area contributed by atoms with Crippen molar-refractivity contribution in [2.45, 2.75) is 19.3 Å². The number of carbonyl (C=O) groups excluding carboxylic acids is 1. The molecule has 3 aromatic carbocycles. The van der Waals surface area contributed by atoms with Gasteiger partial charge >= 0.3 is 0 Å². The Balaban J connectivity index is 1.70. The second-order valence-electron chi connectivity index (χ2n) is 8.82. The molecule has 0 saturated carbocycles. The van der Waals surface area contributed by atoms with E-state index in [1.165, 1.54) is 16.3 Å². The molecule has 0 bridgehead atoms. The third kappa shape index (κ3) is 2.85. The van der Waals surface area contributed by atoms with Crippen molar-refractivity contribution < 1.29 is 4.79 Å². The molecule has 0 atom stereocenters. The highest BCUT2D eigenvalue weighted by atomic mass is 16.1. The van der Waals surface area contributed by atoms with Crippen molar-refractivity contribution >= 4 is 27.8 Å². The Morgan fingerprint density at radius 3 is 2.45 bits per heavy atom. The predicted molar refractivity (Wildman–Crippen MR) is 131 cm³/mol. The molecule has 1 heterocycles. The second-order valence-corrected chi connectivity index (χ2v) is 8.82. The zero-order chi connectivity index (χ0) is 23.3. The van der Waals surface area contributed by atoms with Gasteiger partial charge in [-0.1, -0.05) is 68.4 Å². The minimum atomic E-state index is -0.293. The number of carbonyl (C=O) groups is 1. The van der Waals surface area contributed by atoms with Gasteiger partial charge in [0.1, 0.15) is 0 Å². The molecule has 33 heavy (non-hydrogen) atoms. The molecule has 4 nitrogen and oxygen atoms in total. The van der Waals surface area contributed by atoms with Crippen molar-refractivity contribution in [1.29, 1.82) is 5.26 Å². The fourth-order valence-electron chi connectivity index (χ4n) is 5.21. The van der Waals surface area contributed by atoms with Crippen LogP contribution in [0.5, 0.6) is 0 Å². The third-order valence-electron chi connectivity index (χ3n) is 6.71. The van der Waals surface area contributed by atoms with E-state index in [0.29, 0.717) is 22.3 Å². The number of likely N-dealkylation sites (N-methyl/N-ethyl adjacent to an activating group) is 1. The highest BCUT2D eigenvalue weighted by molar-refractivity contribution is 6.27. The standard InChI is InChI=1S/C29H21N3O/c1-29(2)25(32(4)24-15-13-18-9-5-6-10-19(18)27(24)29)16-14-22-26(23(17-30)31-3)20-11-7-8-12-21(20)28(22)33/h5-16H,1-2,4H3/b22-14-,25-16-,26-23-. The molecule has 0 N–H and O–H groups in total. The van der Waals surface area contributed by atoms with E-state index < -0.39 is 0 Å². The number of nitrogens with zero attached hydrogens (tertiary/aromatic N) is 3. The van der Waals surface area contributed by atoms with Crippen LogP contribution in [0.1, 0.15) is 35.3 Å². The molecule has 0 radical (unpaired) electrons. The second kappa shape index (κ2) is 7.33. The molecule has 0 saturated heterocycles. The van der Waals surface area contributed by atoms with Gasteiger partial charge in [0.2, 0.25) is 0 Å². The summed E-state index contributed by atoms with van der Waals surface area (Å²) in [6.45, 7) is 11.8. The fourth-order valence-corrected chi connectivity index (χ4v) is 5.21. The lowest BCUT2D eigenvalue weighted by Gasteiger charge is -2.24. The van der Waals surface area contributed by atoms with Crippen LogP contribution in [-0.4, -0.2) is 12.8 Å². The van der Waals surface area contributed by atoms with E-state index in [4.69, 9.17) is 6.57 Å². The summed E-state index contributed by atoms with van der Waals surface area (Å²) >= 11 is 0. The average Bonchev–Trinajstić information content (AvgIpc) is 3.21. The van der Waals surface area contributed by atoms with Crippen LogP contribution in [0.2, 0.25) is 0 Å². The van der Waals surface area contributed by atoms with E-state index >= 15 is 0 Å². The maximum absolute atomic E-state index is 13.2. The van der Waals surface area contributed by atoms with Crippen molar-refractivity contribution in [2.75, 3.05) is 11.9 Å². The van der Waals surface area contributed by atoms with Crippen LogP contribution in [0.15, 0.2) is 89.8 Å². The first-order valence-corrected chi connectivity index (χ1v) is 10.7. The van der Waals surface area contributed by atoms with Gasteiger partial charge in [-0.3, -0.25) is 4.79 Å². The molecule has 0 amide bonds. The number of nitriles is 1. The number of benzene rings is 3. The zero-order valence-electron chi connectivity index (χ0n) is 18.7. The normalized spacial score (nSPS) is 20.0. The van der Waals surface area contributed by atoms with Gasteiger partial charge in [0.25, 0.3) is 5.70 Å². The lowest BCUT2D eigenvalue weighted by Crippen LogP contribution is -2.22. The minimum absolute atomic E-state index is 0.0636. The van der Waals surface area contributed by atoms with E-state index in [1.807, 2.05) is 31.3 Å². The Kier molecular flexibility index (Phi) is 4.55. The van der Waals surface area contributed by atoms with Gasteiger partial charge in [-0.25, -0.2) is 10.1 Å². The first kappa shape index (κ1) is 20.5. The van der Waals surface area contributed by atoms with Gasteiger partial charge < -0.3 is 4.90 Å². The summed E-state index contributed by atoms with van der Waals surface area (Å²) in [4.78, 5) is 18.8. The monoisotopic (exact) mass is 427 g/mol. The van der Waals surface area contributed by atoms with E-state index in [1.54, 1.807) is 24.3 Å². The quantitative estimate of drug-likeness (QED) is 0.255. The summed E-state index contributed by atoms with van der Waals surface area (Å²) in [6, 6.07) is 21.8. The number of Topliss-reactive ketones (excluding diaryl/α,β-unsaturated/α-hetero) is 1. The largest absolute Gasteiger partial charge is 0.347 e. The number of hydrogen-bond acceptors (Lipinski definition) is 3. The summed E-state index contributed by atoms with van der Waals surface area (Å²) in [7, 11) is 2.04. The number of allylic oxidation sites excluding steroid dienone is 6. The molecule has 158 valence electrons. The molecule has 0 spiro atoms. The maximum atomic E-state index is 13.2. The van der Waals surface area contributed by atoms with Crippen molar-refractivity contribution in [3.05, 3.63) is 118 Å². The molecule has 1 aliphatic carbocycles. The fraction of sp³-hybridized carbons (Fsp3) is 0.138. The van der Waals surface area contributed by atoms with Crippen LogP contribution in [0, 0.1) is 17.9 Å². The maximum Gasteiger partial charge on any atom is 0.270 e. The van der Waals surface area contributed by atoms with E-state index in [0.717, 1.165) is 11.4 Å². The first-order chi connectivity index (χ1) is 15.9. The molecule has 0 unspecified atom stereocenters. The first-order valence-electron chi connectivity index (χ1n) is 10.7. The van der Waals surface area contributed by atoms with Crippen molar-refractivity contribution in [3.8, 4) is 6.07 Å². The Labute approximate surface area is 193 Å². The van der Waals surface area contributed by atoms with Gasteiger partial charge in [0.05, 0.1) is 12.6 Å². The molecule has 4 heteroatoms. The Morgan fingerprint density at radius 1 is 1.03 bits per heavy atom. The molecular weight excluding hydrogens is 406 g/mol. The SMILES string of the molecule is [C-]#[N+]\C(C#N)=C1/C(=C/C=C2\N(C)c3ccc4ccccc4c3C2(C)C)C(=O)c2ccccc21. The average molecular weight is 428 g/mol. The van der Waals surface area contributed by atoms with Gasteiger partial charge in [-0.15, -0.1) is 0 Å². The molecule has 2 aliphatic rings. The summed E-state index contributed by atoms with van der Waals surface area (Å²) in [5.41, 5.74) is 5.07.